The van der Waals surface area contributed by atoms with Gasteiger partial charge in [0.25, 0.3) is 0 Å². The molecule has 0 aliphatic heterocycles. The zero-order chi connectivity index (χ0) is 22.9. The van der Waals surface area contributed by atoms with E-state index in [1.165, 1.54) is 13.8 Å². The first kappa shape index (κ1) is 24.1. The highest BCUT2D eigenvalue weighted by Gasteiger charge is 2.29. The maximum atomic E-state index is 11.2. The molecule has 0 aliphatic rings. The SMILES string of the molecule is CC(C)(Oc1ccc(CSc2cc(C(C)(C)C)c(O)c(C(C)(C)C)c2)cc1)C(=O)O. The molecule has 5 heteroatoms. The molecule has 0 fully saturated rings. The Hall–Kier alpha value is -2.14. The van der Waals surface area contributed by atoms with E-state index in [0.717, 1.165) is 27.3 Å². The summed E-state index contributed by atoms with van der Waals surface area (Å²) < 4.78 is 5.57. The van der Waals surface area contributed by atoms with Gasteiger partial charge in [0.15, 0.2) is 5.60 Å². The number of rotatable bonds is 6. The molecule has 0 bridgehead atoms. The zero-order valence-corrected chi connectivity index (χ0v) is 20.1. The maximum absolute atomic E-state index is 11.2. The lowest BCUT2D eigenvalue weighted by molar-refractivity contribution is -0.152. The molecule has 2 aromatic rings. The van der Waals surface area contributed by atoms with E-state index in [1.807, 2.05) is 12.1 Å². The van der Waals surface area contributed by atoms with Gasteiger partial charge in [-0.25, -0.2) is 4.79 Å². The average molecular weight is 431 g/mol. The van der Waals surface area contributed by atoms with Crippen LogP contribution >= 0.6 is 11.8 Å². The van der Waals surface area contributed by atoms with Crippen LogP contribution in [0.5, 0.6) is 11.5 Å². The molecule has 0 aliphatic carbocycles. The number of carbonyl (C=O) groups is 1. The largest absolute Gasteiger partial charge is 0.507 e. The zero-order valence-electron chi connectivity index (χ0n) is 19.3. The Balaban J connectivity index is 2.22. The standard InChI is InChI=1S/C25H34O4S/c1-23(2,3)19-13-18(14-20(21(19)26)24(4,5)6)30-15-16-9-11-17(12-10-16)29-25(7,8)22(27)28/h9-14,26H,15H2,1-8H3,(H,27,28). The van der Waals surface area contributed by atoms with Gasteiger partial charge in [-0.2, -0.15) is 0 Å². The van der Waals surface area contributed by atoms with Gasteiger partial charge in [-0.05, 0) is 54.5 Å². The van der Waals surface area contributed by atoms with E-state index in [0.29, 0.717) is 11.5 Å². The lowest BCUT2D eigenvalue weighted by Crippen LogP contribution is -2.37. The van der Waals surface area contributed by atoms with Gasteiger partial charge in [-0.1, -0.05) is 53.7 Å². The molecule has 0 aromatic heterocycles. The first-order valence-corrected chi connectivity index (χ1v) is 11.1. The lowest BCUT2D eigenvalue weighted by Gasteiger charge is -2.28. The van der Waals surface area contributed by atoms with Crippen LogP contribution in [0.1, 0.15) is 72.1 Å². The van der Waals surface area contributed by atoms with E-state index in [4.69, 9.17) is 4.74 Å². The van der Waals surface area contributed by atoms with Crippen molar-refractivity contribution < 1.29 is 19.7 Å². The number of phenolic OH excluding ortho intramolecular Hbond substituents is 1. The van der Waals surface area contributed by atoms with Gasteiger partial charge in [0.2, 0.25) is 0 Å². The number of thioether (sulfide) groups is 1. The molecule has 0 unspecified atom stereocenters. The minimum atomic E-state index is -1.27. The highest BCUT2D eigenvalue weighted by molar-refractivity contribution is 7.98. The molecule has 0 radical (unpaired) electrons. The summed E-state index contributed by atoms with van der Waals surface area (Å²) in [6.45, 7) is 15.7. The summed E-state index contributed by atoms with van der Waals surface area (Å²) in [7, 11) is 0. The number of benzene rings is 2. The molecule has 30 heavy (non-hydrogen) atoms. The van der Waals surface area contributed by atoms with Crippen molar-refractivity contribution in [2.24, 2.45) is 0 Å². The van der Waals surface area contributed by atoms with Crippen LogP contribution in [0.25, 0.3) is 0 Å². The fourth-order valence-corrected chi connectivity index (χ4v) is 3.92. The number of carboxylic acid groups (broad SMARTS) is 1. The van der Waals surface area contributed by atoms with Gasteiger partial charge in [-0.3, -0.25) is 0 Å². The number of carboxylic acids is 1. The molecule has 2 N–H and O–H groups in total. The summed E-state index contributed by atoms with van der Waals surface area (Å²) >= 11 is 1.72. The summed E-state index contributed by atoms with van der Waals surface area (Å²) in [4.78, 5) is 12.3. The normalized spacial score (nSPS) is 12.7. The molecule has 0 saturated carbocycles. The van der Waals surface area contributed by atoms with E-state index < -0.39 is 11.6 Å². The predicted octanol–water partition coefficient (Wildman–Crippen LogP) is 6.52. The van der Waals surface area contributed by atoms with Crippen LogP contribution in [0.15, 0.2) is 41.3 Å². The fourth-order valence-electron chi connectivity index (χ4n) is 2.99. The summed E-state index contributed by atoms with van der Waals surface area (Å²) in [6.07, 6.45) is 0. The third kappa shape index (κ3) is 5.94. The lowest BCUT2D eigenvalue weighted by atomic mass is 9.79. The van der Waals surface area contributed by atoms with E-state index >= 15 is 0 Å². The van der Waals surface area contributed by atoms with Crippen molar-refractivity contribution in [3.63, 3.8) is 0 Å². The Morgan fingerprint density at radius 2 is 1.37 bits per heavy atom. The van der Waals surface area contributed by atoms with Crippen LogP contribution in [0, 0.1) is 0 Å². The summed E-state index contributed by atoms with van der Waals surface area (Å²) in [6, 6.07) is 11.7. The van der Waals surface area contributed by atoms with Crippen LogP contribution in [-0.4, -0.2) is 21.8 Å². The number of ether oxygens (including phenoxy) is 1. The molecule has 0 saturated heterocycles. The molecule has 0 heterocycles. The van der Waals surface area contributed by atoms with Gasteiger partial charge in [0, 0.05) is 21.8 Å². The van der Waals surface area contributed by atoms with Crippen molar-refractivity contribution in [1.82, 2.24) is 0 Å². The van der Waals surface area contributed by atoms with E-state index in [2.05, 4.69) is 53.7 Å². The minimum Gasteiger partial charge on any atom is -0.507 e. The predicted molar refractivity (Wildman–Crippen MR) is 124 cm³/mol. The summed E-state index contributed by atoms with van der Waals surface area (Å²) in [5.74, 6) is 0.687. The van der Waals surface area contributed by atoms with Crippen molar-refractivity contribution in [2.75, 3.05) is 0 Å². The van der Waals surface area contributed by atoms with E-state index in [-0.39, 0.29) is 10.8 Å². The smallest absolute Gasteiger partial charge is 0.347 e. The van der Waals surface area contributed by atoms with Crippen molar-refractivity contribution >= 4 is 17.7 Å². The number of hydrogen-bond acceptors (Lipinski definition) is 4. The molecule has 164 valence electrons. The minimum absolute atomic E-state index is 0.156. The molecular formula is C25H34O4S. The third-order valence-electron chi connectivity index (χ3n) is 4.92. The number of aromatic hydroxyl groups is 1. The molecule has 0 spiro atoms. The highest BCUT2D eigenvalue weighted by atomic mass is 32.2. The fraction of sp³-hybridized carbons (Fsp3) is 0.480. The van der Waals surface area contributed by atoms with Crippen molar-refractivity contribution in [3.8, 4) is 11.5 Å². The van der Waals surface area contributed by atoms with Crippen LogP contribution < -0.4 is 4.74 Å². The van der Waals surface area contributed by atoms with Crippen molar-refractivity contribution in [1.29, 1.82) is 0 Å². The van der Waals surface area contributed by atoms with Crippen LogP contribution in [0.3, 0.4) is 0 Å². The van der Waals surface area contributed by atoms with Crippen LogP contribution in [0.4, 0.5) is 0 Å². The highest BCUT2D eigenvalue weighted by Crippen LogP contribution is 2.42. The number of phenols is 1. The molecule has 0 atom stereocenters. The first-order chi connectivity index (χ1) is 13.6. The average Bonchev–Trinajstić information content (AvgIpc) is 2.59. The second-order valence-electron chi connectivity index (χ2n) is 10.2. The summed E-state index contributed by atoms with van der Waals surface area (Å²) in [5, 5.41) is 20.1. The Kier molecular flexibility index (Phi) is 6.87. The van der Waals surface area contributed by atoms with Gasteiger partial charge in [0.05, 0.1) is 0 Å². The Morgan fingerprint density at radius 1 is 0.900 bits per heavy atom. The van der Waals surface area contributed by atoms with Crippen LogP contribution in [0.2, 0.25) is 0 Å². The first-order valence-electron chi connectivity index (χ1n) is 10.1. The molecule has 2 rings (SSSR count). The summed E-state index contributed by atoms with van der Waals surface area (Å²) in [5.41, 5.74) is 1.44. The van der Waals surface area contributed by atoms with Gasteiger partial charge in [0.1, 0.15) is 11.5 Å². The Morgan fingerprint density at radius 3 is 1.77 bits per heavy atom. The molecule has 4 nitrogen and oxygen atoms in total. The Labute approximate surface area is 184 Å². The van der Waals surface area contributed by atoms with Crippen molar-refractivity contribution in [2.45, 2.75) is 82.5 Å². The number of aliphatic carboxylic acids is 1. The van der Waals surface area contributed by atoms with E-state index in [1.54, 1.807) is 23.9 Å². The third-order valence-corrected chi connectivity index (χ3v) is 5.96. The van der Waals surface area contributed by atoms with E-state index in [9.17, 15) is 15.0 Å². The maximum Gasteiger partial charge on any atom is 0.347 e. The topological polar surface area (TPSA) is 66.8 Å². The van der Waals surface area contributed by atoms with Gasteiger partial charge in [-0.15, -0.1) is 11.8 Å². The van der Waals surface area contributed by atoms with Gasteiger partial charge >= 0.3 is 5.97 Å². The van der Waals surface area contributed by atoms with Gasteiger partial charge < -0.3 is 14.9 Å². The second kappa shape index (κ2) is 8.54. The number of hydrogen-bond donors (Lipinski definition) is 2. The second-order valence-corrected chi connectivity index (χ2v) is 11.3. The molecule has 0 amide bonds. The monoisotopic (exact) mass is 430 g/mol. The van der Waals surface area contributed by atoms with Crippen LogP contribution in [-0.2, 0) is 21.4 Å². The Bertz CT molecular complexity index is 865. The quantitative estimate of drug-likeness (QED) is 0.511. The molecular weight excluding hydrogens is 396 g/mol. The van der Waals surface area contributed by atoms with Crippen molar-refractivity contribution in [3.05, 3.63) is 53.1 Å². The molecule has 2 aromatic carbocycles.